The van der Waals surface area contributed by atoms with Gasteiger partial charge in [-0.05, 0) is 44.4 Å². The fourth-order valence-corrected chi connectivity index (χ4v) is 2.97. The van der Waals surface area contributed by atoms with Gasteiger partial charge in [0.1, 0.15) is 5.67 Å². The van der Waals surface area contributed by atoms with Crippen molar-refractivity contribution in [3.05, 3.63) is 0 Å². The van der Waals surface area contributed by atoms with Crippen molar-refractivity contribution >= 4 is 0 Å². The van der Waals surface area contributed by atoms with Gasteiger partial charge in [0, 0.05) is 6.04 Å². The third-order valence-electron chi connectivity index (χ3n) is 3.95. The standard InChI is InChI=1S/C11H20FN/c12-11(9-3-1-2-4-9)7-5-10(13)6-8-11/h9-10H,1-8,13H2. The van der Waals surface area contributed by atoms with Crippen molar-refractivity contribution in [3.63, 3.8) is 0 Å². The van der Waals surface area contributed by atoms with Gasteiger partial charge in [-0.2, -0.15) is 0 Å². The number of alkyl halides is 1. The molecule has 0 amide bonds. The lowest BCUT2D eigenvalue weighted by Crippen LogP contribution is -2.40. The Morgan fingerprint density at radius 3 is 2.08 bits per heavy atom. The van der Waals surface area contributed by atoms with Crippen molar-refractivity contribution in [3.8, 4) is 0 Å². The molecule has 0 unspecified atom stereocenters. The minimum atomic E-state index is -0.841. The van der Waals surface area contributed by atoms with Crippen molar-refractivity contribution < 1.29 is 4.39 Å². The molecular weight excluding hydrogens is 165 g/mol. The van der Waals surface area contributed by atoms with Gasteiger partial charge in [-0.3, -0.25) is 0 Å². The number of nitrogens with two attached hydrogens (primary N) is 1. The maximum atomic E-state index is 14.4. The minimum Gasteiger partial charge on any atom is -0.328 e. The highest BCUT2D eigenvalue weighted by atomic mass is 19.1. The van der Waals surface area contributed by atoms with Crippen molar-refractivity contribution in [1.82, 2.24) is 0 Å². The Bertz CT molecular complexity index is 167. The van der Waals surface area contributed by atoms with Crippen LogP contribution in [0.5, 0.6) is 0 Å². The average Bonchev–Trinajstić information content (AvgIpc) is 2.63. The zero-order valence-electron chi connectivity index (χ0n) is 8.27. The van der Waals surface area contributed by atoms with Gasteiger partial charge >= 0.3 is 0 Å². The van der Waals surface area contributed by atoms with E-state index < -0.39 is 5.67 Å². The highest BCUT2D eigenvalue weighted by Crippen LogP contribution is 2.44. The molecule has 2 saturated carbocycles. The Morgan fingerprint density at radius 2 is 1.54 bits per heavy atom. The maximum Gasteiger partial charge on any atom is 0.114 e. The van der Waals surface area contributed by atoms with Crippen molar-refractivity contribution in [2.24, 2.45) is 11.7 Å². The highest BCUT2D eigenvalue weighted by molar-refractivity contribution is 4.94. The number of hydrogen-bond donors (Lipinski definition) is 1. The molecule has 0 bridgehead atoms. The molecule has 0 aromatic heterocycles. The van der Waals surface area contributed by atoms with Crippen LogP contribution in [0.1, 0.15) is 51.4 Å². The van der Waals surface area contributed by atoms with Crippen LogP contribution < -0.4 is 5.73 Å². The SMILES string of the molecule is NC1CCC(F)(C2CCCC2)CC1. The third kappa shape index (κ3) is 1.88. The first-order chi connectivity index (χ1) is 6.21. The lowest BCUT2D eigenvalue weighted by molar-refractivity contribution is 0.0358. The van der Waals surface area contributed by atoms with Gasteiger partial charge in [-0.15, -0.1) is 0 Å². The molecule has 2 rings (SSSR count). The topological polar surface area (TPSA) is 26.0 Å². The fourth-order valence-electron chi connectivity index (χ4n) is 2.97. The largest absolute Gasteiger partial charge is 0.328 e. The summed E-state index contributed by atoms with van der Waals surface area (Å²) in [4.78, 5) is 0. The van der Waals surface area contributed by atoms with E-state index in [0.29, 0.717) is 5.92 Å². The van der Waals surface area contributed by atoms with Crippen molar-refractivity contribution in [2.75, 3.05) is 0 Å². The van der Waals surface area contributed by atoms with Crippen LogP contribution in [-0.2, 0) is 0 Å². The molecule has 0 aromatic rings. The Morgan fingerprint density at radius 1 is 1.00 bits per heavy atom. The van der Waals surface area contributed by atoms with Crippen LogP contribution in [0.4, 0.5) is 4.39 Å². The van der Waals surface area contributed by atoms with E-state index in [9.17, 15) is 4.39 Å². The normalized spacial score (nSPS) is 42.5. The average molecular weight is 185 g/mol. The summed E-state index contributed by atoms with van der Waals surface area (Å²) in [5, 5.41) is 0. The van der Waals surface area contributed by atoms with Crippen LogP contribution in [0.2, 0.25) is 0 Å². The van der Waals surface area contributed by atoms with E-state index in [2.05, 4.69) is 0 Å². The van der Waals surface area contributed by atoms with E-state index in [1.165, 1.54) is 12.8 Å². The third-order valence-corrected chi connectivity index (χ3v) is 3.95. The quantitative estimate of drug-likeness (QED) is 0.668. The first kappa shape index (κ1) is 9.45. The second-order valence-corrected chi connectivity index (χ2v) is 4.85. The maximum absolute atomic E-state index is 14.4. The molecule has 2 heteroatoms. The van der Waals surface area contributed by atoms with Crippen LogP contribution in [0.3, 0.4) is 0 Å². The number of halogens is 1. The van der Waals surface area contributed by atoms with E-state index in [-0.39, 0.29) is 6.04 Å². The second kappa shape index (κ2) is 3.56. The fraction of sp³-hybridized carbons (Fsp3) is 1.00. The van der Waals surface area contributed by atoms with Crippen LogP contribution in [0, 0.1) is 5.92 Å². The Labute approximate surface area is 79.9 Å². The molecule has 2 aliphatic carbocycles. The predicted molar refractivity (Wildman–Crippen MR) is 52.2 cm³/mol. The van der Waals surface area contributed by atoms with Gasteiger partial charge in [-0.1, -0.05) is 12.8 Å². The molecule has 13 heavy (non-hydrogen) atoms. The van der Waals surface area contributed by atoms with Gasteiger partial charge in [0.2, 0.25) is 0 Å². The summed E-state index contributed by atoms with van der Waals surface area (Å²) in [5.74, 6) is 0.361. The van der Waals surface area contributed by atoms with Crippen LogP contribution in [0.15, 0.2) is 0 Å². The van der Waals surface area contributed by atoms with Crippen LogP contribution >= 0.6 is 0 Å². The summed E-state index contributed by atoms with van der Waals surface area (Å²) in [6.45, 7) is 0. The lowest BCUT2D eigenvalue weighted by Gasteiger charge is -2.37. The summed E-state index contributed by atoms with van der Waals surface area (Å²) in [6.07, 6.45) is 7.94. The number of hydrogen-bond acceptors (Lipinski definition) is 1. The molecule has 2 N–H and O–H groups in total. The van der Waals surface area contributed by atoms with E-state index in [4.69, 9.17) is 5.73 Å². The van der Waals surface area contributed by atoms with Gasteiger partial charge < -0.3 is 5.73 Å². The van der Waals surface area contributed by atoms with Crippen LogP contribution in [-0.4, -0.2) is 11.7 Å². The Hall–Kier alpha value is -0.110. The Balaban J connectivity index is 1.95. The zero-order chi connectivity index (χ0) is 9.31. The first-order valence-corrected chi connectivity index (χ1v) is 5.65. The molecule has 0 heterocycles. The molecule has 0 saturated heterocycles. The van der Waals surface area contributed by atoms with E-state index in [0.717, 1.165) is 38.5 Å². The highest BCUT2D eigenvalue weighted by Gasteiger charge is 2.42. The summed E-state index contributed by atoms with van der Waals surface area (Å²) in [5.41, 5.74) is 4.95. The molecule has 0 spiro atoms. The van der Waals surface area contributed by atoms with E-state index in [1.807, 2.05) is 0 Å². The summed E-state index contributed by atoms with van der Waals surface area (Å²) in [7, 11) is 0. The summed E-state index contributed by atoms with van der Waals surface area (Å²) in [6, 6.07) is 0.269. The van der Waals surface area contributed by atoms with Crippen molar-refractivity contribution in [1.29, 1.82) is 0 Å². The molecule has 0 aromatic carbocycles. The lowest BCUT2D eigenvalue weighted by atomic mass is 9.75. The van der Waals surface area contributed by atoms with Gasteiger partial charge in [0.05, 0.1) is 0 Å². The predicted octanol–water partition coefficient (Wildman–Crippen LogP) is 2.79. The van der Waals surface area contributed by atoms with Crippen LogP contribution in [0.25, 0.3) is 0 Å². The molecular formula is C11H20FN. The van der Waals surface area contributed by atoms with Gasteiger partial charge in [0.15, 0.2) is 0 Å². The molecule has 0 aliphatic heterocycles. The first-order valence-electron chi connectivity index (χ1n) is 5.65. The van der Waals surface area contributed by atoms with Gasteiger partial charge in [0.25, 0.3) is 0 Å². The minimum absolute atomic E-state index is 0.269. The molecule has 1 nitrogen and oxygen atoms in total. The van der Waals surface area contributed by atoms with Gasteiger partial charge in [-0.25, -0.2) is 4.39 Å². The number of rotatable bonds is 1. The zero-order valence-corrected chi connectivity index (χ0v) is 8.27. The molecule has 2 fully saturated rings. The monoisotopic (exact) mass is 185 g/mol. The van der Waals surface area contributed by atoms with E-state index >= 15 is 0 Å². The molecule has 2 aliphatic rings. The molecule has 0 radical (unpaired) electrons. The van der Waals surface area contributed by atoms with E-state index in [1.54, 1.807) is 0 Å². The van der Waals surface area contributed by atoms with Crippen molar-refractivity contribution in [2.45, 2.75) is 63.1 Å². The molecule has 0 atom stereocenters. The second-order valence-electron chi connectivity index (χ2n) is 4.85. The summed E-state index contributed by atoms with van der Waals surface area (Å²) < 4.78 is 14.4. The Kier molecular flexibility index (Phi) is 2.59. The smallest absolute Gasteiger partial charge is 0.114 e. The molecule has 76 valence electrons. The summed E-state index contributed by atoms with van der Waals surface area (Å²) >= 11 is 0.